The summed E-state index contributed by atoms with van der Waals surface area (Å²) in [6, 6.07) is 13.8. The molecule has 0 atom stereocenters. The predicted molar refractivity (Wildman–Crippen MR) is 91.9 cm³/mol. The van der Waals surface area contributed by atoms with E-state index in [4.69, 9.17) is 4.74 Å². The Morgan fingerprint density at radius 1 is 1.20 bits per heavy atom. The highest BCUT2D eigenvalue weighted by Gasteiger charge is 2.13. The van der Waals surface area contributed by atoms with E-state index in [0.717, 1.165) is 11.1 Å². The van der Waals surface area contributed by atoms with Gasteiger partial charge in [-0.2, -0.15) is 5.10 Å². The average molecular weight is 339 g/mol. The van der Waals surface area contributed by atoms with Gasteiger partial charge in [-0.05, 0) is 29.3 Å². The number of ether oxygens (including phenoxy) is 1. The van der Waals surface area contributed by atoms with Gasteiger partial charge in [0, 0.05) is 25.0 Å². The van der Waals surface area contributed by atoms with Gasteiger partial charge < -0.3 is 10.1 Å². The maximum Gasteiger partial charge on any atom is 0.254 e. The quantitative estimate of drug-likeness (QED) is 0.751. The van der Waals surface area contributed by atoms with Crippen LogP contribution in [0.3, 0.4) is 0 Å². The Balaban J connectivity index is 1.70. The van der Waals surface area contributed by atoms with Crippen molar-refractivity contribution in [1.82, 2.24) is 15.1 Å². The second-order valence-corrected chi connectivity index (χ2v) is 5.50. The molecule has 3 aromatic rings. The first-order chi connectivity index (χ1) is 12.2. The Morgan fingerprint density at radius 3 is 2.68 bits per heavy atom. The number of methoxy groups -OCH3 is 1. The zero-order valence-corrected chi connectivity index (χ0v) is 13.8. The van der Waals surface area contributed by atoms with Crippen LogP contribution in [0.25, 0.3) is 0 Å². The van der Waals surface area contributed by atoms with Gasteiger partial charge in [0.2, 0.25) is 0 Å². The third-order valence-electron chi connectivity index (χ3n) is 3.87. The second kappa shape index (κ2) is 7.61. The fraction of sp³-hybridized carbons (Fsp3) is 0.158. The summed E-state index contributed by atoms with van der Waals surface area (Å²) < 4.78 is 20.7. The minimum absolute atomic E-state index is 0.00893. The van der Waals surface area contributed by atoms with Crippen LogP contribution in [0.15, 0.2) is 60.9 Å². The van der Waals surface area contributed by atoms with Gasteiger partial charge in [0.1, 0.15) is 11.6 Å². The average Bonchev–Trinajstić information content (AvgIpc) is 3.13. The maximum atomic E-state index is 14.0. The van der Waals surface area contributed by atoms with Crippen molar-refractivity contribution in [2.75, 3.05) is 7.11 Å². The van der Waals surface area contributed by atoms with Crippen LogP contribution in [-0.4, -0.2) is 22.8 Å². The van der Waals surface area contributed by atoms with Crippen LogP contribution < -0.4 is 10.1 Å². The van der Waals surface area contributed by atoms with E-state index in [1.165, 1.54) is 19.2 Å². The highest BCUT2D eigenvalue weighted by molar-refractivity contribution is 5.94. The van der Waals surface area contributed by atoms with E-state index in [2.05, 4.69) is 10.4 Å². The Morgan fingerprint density at radius 2 is 2.00 bits per heavy atom. The molecule has 0 saturated heterocycles. The summed E-state index contributed by atoms with van der Waals surface area (Å²) in [6.07, 6.45) is 3.60. The summed E-state index contributed by atoms with van der Waals surface area (Å²) in [6.45, 7) is 0.914. The number of halogens is 1. The lowest BCUT2D eigenvalue weighted by Crippen LogP contribution is -2.24. The van der Waals surface area contributed by atoms with Crippen molar-refractivity contribution >= 4 is 5.91 Å². The van der Waals surface area contributed by atoms with Gasteiger partial charge in [-0.15, -0.1) is 0 Å². The smallest absolute Gasteiger partial charge is 0.254 e. The lowest BCUT2D eigenvalue weighted by molar-refractivity contribution is 0.0946. The van der Waals surface area contributed by atoms with Gasteiger partial charge in [-0.1, -0.05) is 24.3 Å². The van der Waals surface area contributed by atoms with Crippen molar-refractivity contribution < 1.29 is 13.9 Å². The van der Waals surface area contributed by atoms with Crippen molar-refractivity contribution in [1.29, 1.82) is 0 Å². The molecule has 1 N–H and O–H groups in total. The molecular formula is C19H18FN3O2. The molecule has 0 radical (unpaired) electrons. The van der Waals surface area contributed by atoms with Crippen LogP contribution in [0.5, 0.6) is 5.75 Å². The molecule has 3 rings (SSSR count). The Kier molecular flexibility index (Phi) is 5.09. The highest BCUT2D eigenvalue weighted by atomic mass is 19.1. The molecule has 0 aliphatic carbocycles. The predicted octanol–water partition coefficient (Wildman–Crippen LogP) is 3.01. The summed E-state index contributed by atoms with van der Waals surface area (Å²) in [5.41, 5.74) is 1.99. The summed E-state index contributed by atoms with van der Waals surface area (Å²) in [5.74, 6) is -0.700. The Hall–Kier alpha value is -3.15. The number of benzene rings is 2. The van der Waals surface area contributed by atoms with E-state index in [1.807, 2.05) is 41.2 Å². The number of aromatic nitrogens is 2. The first-order valence-electron chi connectivity index (χ1n) is 7.83. The molecule has 128 valence electrons. The van der Waals surface area contributed by atoms with Crippen molar-refractivity contribution in [3.63, 3.8) is 0 Å². The number of hydrogen-bond acceptors (Lipinski definition) is 3. The van der Waals surface area contributed by atoms with Crippen molar-refractivity contribution in [2.24, 2.45) is 0 Å². The van der Waals surface area contributed by atoms with E-state index in [1.54, 1.807) is 12.3 Å². The second-order valence-electron chi connectivity index (χ2n) is 5.50. The van der Waals surface area contributed by atoms with Crippen LogP contribution in [0.2, 0.25) is 0 Å². The fourth-order valence-corrected chi connectivity index (χ4v) is 2.53. The van der Waals surface area contributed by atoms with Crippen LogP contribution in [0.1, 0.15) is 21.5 Å². The molecule has 1 aromatic heterocycles. The van der Waals surface area contributed by atoms with E-state index in [9.17, 15) is 9.18 Å². The summed E-state index contributed by atoms with van der Waals surface area (Å²) in [7, 11) is 1.45. The molecule has 5 nitrogen and oxygen atoms in total. The number of nitrogens with zero attached hydrogens (tertiary/aromatic N) is 2. The number of carbonyl (C=O) groups is 1. The molecule has 0 aliphatic rings. The zero-order chi connectivity index (χ0) is 17.6. The topological polar surface area (TPSA) is 56.1 Å². The molecule has 0 bridgehead atoms. The maximum absolute atomic E-state index is 14.0. The lowest BCUT2D eigenvalue weighted by Gasteiger charge is -2.11. The van der Waals surface area contributed by atoms with Crippen LogP contribution in [0, 0.1) is 5.82 Å². The number of rotatable bonds is 6. The molecule has 0 unspecified atom stereocenters. The highest BCUT2D eigenvalue weighted by Crippen LogP contribution is 2.16. The molecule has 1 heterocycles. The van der Waals surface area contributed by atoms with Crippen LogP contribution in [0.4, 0.5) is 4.39 Å². The molecule has 0 aliphatic heterocycles. The molecule has 0 fully saturated rings. The largest absolute Gasteiger partial charge is 0.497 e. The minimum atomic E-state index is -0.610. The summed E-state index contributed by atoms with van der Waals surface area (Å²) >= 11 is 0. The van der Waals surface area contributed by atoms with Crippen LogP contribution >= 0.6 is 0 Å². The molecule has 25 heavy (non-hydrogen) atoms. The normalized spacial score (nSPS) is 10.5. The Bertz CT molecular complexity index is 863. The first-order valence-corrected chi connectivity index (χ1v) is 7.83. The zero-order valence-electron chi connectivity index (χ0n) is 13.8. The monoisotopic (exact) mass is 339 g/mol. The van der Waals surface area contributed by atoms with Crippen molar-refractivity contribution in [2.45, 2.75) is 13.1 Å². The van der Waals surface area contributed by atoms with Gasteiger partial charge in [0.15, 0.2) is 0 Å². The van der Waals surface area contributed by atoms with E-state index < -0.39 is 11.7 Å². The number of amides is 1. The number of nitrogens with one attached hydrogen (secondary N) is 1. The van der Waals surface area contributed by atoms with Gasteiger partial charge in [0.25, 0.3) is 5.91 Å². The van der Waals surface area contributed by atoms with E-state index in [0.29, 0.717) is 18.8 Å². The number of hydrogen-bond donors (Lipinski definition) is 1. The molecule has 6 heteroatoms. The number of carbonyl (C=O) groups excluding carboxylic acids is 1. The van der Waals surface area contributed by atoms with Gasteiger partial charge in [-0.25, -0.2) is 4.39 Å². The van der Waals surface area contributed by atoms with Gasteiger partial charge in [-0.3, -0.25) is 9.48 Å². The van der Waals surface area contributed by atoms with E-state index in [-0.39, 0.29) is 5.56 Å². The lowest BCUT2D eigenvalue weighted by atomic mass is 10.1. The molecule has 1 amide bonds. The minimum Gasteiger partial charge on any atom is -0.497 e. The van der Waals surface area contributed by atoms with Gasteiger partial charge in [0.05, 0.1) is 19.2 Å². The van der Waals surface area contributed by atoms with Gasteiger partial charge >= 0.3 is 0 Å². The first kappa shape index (κ1) is 16.7. The molecule has 2 aromatic carbocycles. The molecule has 0 spiro atoms. The van der Waals surface area contributed by atoms with E-state index >= 15 is 0 Å². The third kappa shape index (κ3) is 4.03. The fourth-order valence-electron chi connectivity index (χ4n) is 2.53. The Labute approximate surface area is 145 Å². The molecule has 0 saturated carbocycles. The van der Waals surface area contributed by atoms with Crippen LogP contribution in [-0.2, 0) is 13.1 Å². The van der Waals surface area contributed by atoms with Crippen molar-refractivity contribution in [3.05, 3.63) is 83.4 Å². The SMILES string of the molecule is COc1ccc(C(=O)NCc2ccccc2Cn2cccn2)c(F)c1. The standard InChI is InChI=1S/C19H18FN3O2/c1-25-16-7-8-17(18(20)11-16)19(24)21-12-14-5-2-3-6-15(14)13-23-10-4-9-22-23/h2-11H,12-13H2,1H3,(H,21,24). The third-order valence-corrected chi connectivity index (χ3v) is 3.87. The molecular weight excluding hydrogens is 321 g/mol. The summed E-state index contributed by atoms with van der Waals surface area (Å²) in [5, 5.41) is 6.96. The van der Waals surface area contributed by atoms with Crippen molar-refractivity contribution in [3.8, 4) is 5.75 Å². The summed E-state index contributed by atoms with van der Waals surface area (Å²) in [4.78, 5) is 12.3.